The number of nitrogens with zero attached hydrogens (tertiary/aromatic N) is 3. The Morgan fingerprint density at radius 3 is 2.72 bits per heavy atom. The molecule has 1 amide bonds. The lowest BCUT2D eigenvalue weighted by Gasteiger charge is -2.35. The fourth-order valence-electron chi connectivity index (χ4n) is 3.68. The highest BCUT2D eigenvalue weighted by atomic mass is 19.1. The van der Waals surface area contributed by atoms with Gasteiger partial charge in [0.1, 0.15) is 5.82 Å². The largest absolute Gasteiger partial charge is 0.340 e. The summed E-state index contributed by atoms with van der Waals surface area (Å²) in [5.74, 6) is 0.234. The van der Waals surface area contributed by atoms with Gasteiger partial charge in [0, 0.05) is 51.0 Å². The van der Waals surface area contributed by atoms with Gasteiger partial charge < -0.3 is 4.90 Å². The minimum atomic E-state index is -0.223. The van der Waals surface area contributed by atoms with Crippen molar-refractivity contribution in [3.63, 3.8) is 0 Å². The van der Waals surface area contributed by atoms with Gasteiger partial charge in [-0.25, -0.2) is 4.39 Å². The van der Waals surface area contributed by atoms with E-state index >= 15 is 0 Å². The lowest BCUT2D eigenvalue weighted by Crippen LogP contribution is -2.48. The molecule has 4 nitrogen and oxygen atoms in total. The van der Waals surface area contributed by atoms with E-state index in [1.165, 1.54) is 11.6 Å². The third kappa shape index (κ3) is 3.71. The van der Waals surface area contributed by atoms with E-state index in [1.54, 1.807) is 18.3 Å². The smallest absolute Gasteiger partial charge is 0.226 e. The number of hydrogen-bond acceptors (Lipinski definition) is 3. The fourth-order valence-corrected chi connectivity index (χ4v) is 3.68. The van der Waals surface area contributed by atoms with Gasteiger partial charge in [-0.05, 0) is 41.7 Å². The van der Waals surface area contributed by atoms with Crippen LogP contribution in [0, 0.1) is 11.7 Å². The molecule has 2 unspecified atom stereocenters. The maximum atomic E-state index is 13.4. The number of aromatic nitrogens is 1. The highest BCUT2D eigenvalue weighted by molar-refractivity contribution is 5.83. The Kier molecular flexibility index (Phi) is 4.49. The van der Waals surface area contributed by atoms with E-state index in [9.17, 15) is 9.18 Å². The van der Waals surface area contributed by atoms with Gasteiger partial charge in [0.05, 0.1) is 0 Å². The Bertz CT molecular complexity index is 744. The average Bonchev–Trinajstić information content (AvgIpc) is 3.43. The Morgan fingerprint density at radius 1 is 1.16 bits per heavy atom. The molecule has 2 atom stereocenters. The molecule has 2 aromatic rings. The minimum Gasteiger partial charge on any atom is -0.340 e. The second kappa shape index (κ2) is 6.92. The molecule has 0 spiro atoms. The molecule has 2 aliphatic rings. The number of carbonyl (C=O) groups is 1. The number of carbonyl (C=O) groups excluding carboxylic acids is 1. The van der Waals surface area contributed by atoms with E-state index in [-0.39, 0.29) is 23.6 Å². The van der Waals surface area contributed by atoms with E-state index in [4.69, 9.17) is 0 Å². The van der Waals surface area contributed by atoms with Gasteiger partial charge in [0.2, 0.25) is 5.91 Å². The number of piperazine rings is 1. The van der Waals surface area contributed by atoms with Gasteiger partial charge in [-0.1, -0.05) is 18.2 Å². The minimum absolute atomic E-state index is 0.0340. The van der Waals surface area contributed by atoms with Crippen LogP contribution < -0.4 is 0 Å². The quantitative estimate of drug-likeness (QED) is 0.859. The molecule has 5 heteroatoms. The maximum absolute atomic E-state index is 13.4. The second-order valence-corrected chi connectivity index (χ2v) is 6.97. The topological polar surface area (TPSA) is 36.4 Å². The molecule has 1 saturated heterocycles. The van der Waals surface area contributed by atoms with Crippen molar-refractivity contribution in [2.45, 2.75) is 18.9 Å². The van der Waals surface area contributed by atoms with E-state index in [0.717, 1.165) is 44.7 Å². The Hall–Kier alpha value is -2.27. The molecule has 1 saturated carbocycles. The normalized spacial score (nSPS) is 23.5. The lowest BCUT2D eigenvalue weighted by atomic mass is 10.1. The average molecular weight is 339 g/mol. The van der Waals surface area contributed by atoms with Crippen molar-refractivity contribution in [3.05, 3.63) is 65.7 Å². The summed E-state index contributed by atoms with van der Waals surface area (Å²) in [7, 11) is 0. The zero-order valence-corrected chi connectivity index (χ0v) is 14.1. The van der Waals surface area contributed by atoms with Crippen LogP contribution in [0.1, 0.15) is 23.5 Å². The summed E-state index contributed by atoms with van der Waals surface area (Å²) in [6, 6.07) is 10.7. The molecule has 2 fully saturated rings. The van der Waals surface area contributed by atoms with Crippen LogP contribution in [0.15, 0.2) is 48.8 Å². The molecule has 25 heavy (non-hydrogen) atoms. The lowest BCUT2D eigenvalue weighted by molar-refractivity contribution is -0.134. The summed E-state index contributed by atoms with van der Waals surface area (Å²) < 4.78 is 13.4. The highest BCUT2D eigenvalue weighted by Gasteiger charge is 2.46. The third-order valence-corrected chi connectivity index (χ3v) is 5.20. The van der Waals surface area contributed by atoms with E-state index < -0.39 is 0 Å². The third-order valence-electron chi connectivity index (χ3n) is 5.20. The number of halogens is 1. The monoisotopic (exact) mass is 339 g/mol. The molecule has 1 aromatic heterocycles. The predicted octanol–water partition coefficient (Wildman–Crippen LogP) is 2.67. The Labute approximate surface area is 147 Å². The molecule has 0 radical (unpaired) electrons. The summed E-state index contributed by atoms with van der Waals surface area (Å²) in [6.45, 7) is 4.19. The van der Waals surface area contributed by atoms with Crippen molar-refractivity contribution in [3.8, 4) is 0 Å². The van der Waals surface area contributed by atoms with Crippen molar-refractivity contribution in [2.75, 3.05) is 26.2 Å². The summed E-state index contributed by atoms with van der Waals surface area (Å²) in [6.07, 6.45) is 4.52. The zero-order valence-electron chi connectivity index (χ0n) is 14.1. The first-order valence-electron chi connectivity index (χ1n) is 8.86. The summed E-state index contributed by atoms with van der Waals surface area (Å²) in [5, 5.41) is 0. The van der Waals surface area contributed by atoms with Gasteiger partial charge in [0.15, 0.2) is 0 Å². The van der Waals surface area contributed by atoms with Crippen molar-refractivity contribution in [1.82, 2.24) is 14.8 Å². The van der Waals surface area contributed by atoms with Crippen molar-refractivity contribution in [1.29, 1.82) is 0 Å². The molecule has 0 bridgehead atoms. The van der Waals surface area contributed by atoms with Crippen molar-refractivity contribution < 1.29 is 9.18 Å². The maximum Gasteiger partial charge on any atom is 0.226 e. The SMILES string of the molecule is O=C(C1CC1c1cccc(F)c1)N1CCN(Cc2cccnc2)CC1. The van der Waals surface area contributed by atoms with Gasteiger partial charge in [-0.3, -0.25) is 14.7 Å². The second-order valence-electron chi connectivity index (χ2n) is 6.97. The van der Waals surface area contributed by atoms with Crippen LogP contribution in [0.2, 0.25) is 0 Å². The number of hydrogen-bond donors (Lipinski definition) is 0. The molecule has 1 aliphatic carbocycles. The molecule has 130 valence electrons. The fraction of sp³-hybridized carbons (Fsp3) is 0.400. The van der Waals surface area contributed by atoms with Gasteiger partial charge >= 0.3 is 0 Å². The van der Waals surface area contributed by atoms with Crippen LogP contribution >= 0.6 is 0 Å². The highest BCUT2D eigenvalue weighted by Crippen LogP contribution is 2.48. The van der Waals surface area contributed by atoms with Gasteiger partial charge in [-0.15, -0.1) is 0 Å². The van der Waals surface area contributed by atoms with Crippen LogP contribution in [0.5, 0.6) is 0 Å². The Balaban J connectivity index is 1.29. The van der Waals surface area contributed by atoms with Crippen molar-refractivity contribution in [2.24, 2.45) is 5.92 Å². The predicted molar refractivity (Wildman–Crippen MR) is 93.3 cm³/mol. The summed E-state index contributed by atoms with van der Waals surface area (Å²) in [5.41, 5.74) is 2.16. The molecular formula is C20H22FN3O. The molecular weight excluding hydrogens is 317 g/mol. The molecule has 1 aliphatic heterocycles. The standard InChI is InChI=1S/C20H22FN3O/c21-17-5-1-4-16(11-17)18-12-19(18)20(25)24-9-7-23(8-10-24)14-15-3-2-6-22-13-15/h1-6,11,13,18-19H,7-10,12,14H2. The number of rotatable bonds is 4. The van der Waals surface area contributed by atoms with Gasteiger partial charge in [-0.2, -0.15) is 0 Å². The molecule has 1 aromatic carbocycles. The molecule has 2 heterocycles. The first-order chi connectivity index (χ1) is 12.2. The van der Waals surface area contributed by atoms with Crippen LogP contribution in [-0.4, -0.2) is 46.9 Å². The first kappa shape index (κ1) is 16.2. The number of pyridine rings is 1. The van der Waals surface area contributed by atoms with Crippen LogP contribution in [0.4, 0.5) is 4.39 Å². The Morgan fingerprint density at radius 2 is 2.00 bits per heavy atom. The van der Waals surface area contributed by atoms with Gasteiger partial charge in [0.25, 0.3) is 0 Å². The number of benzene rings is 1. The van der Waals surface area contributed by atoms with Crippen LogP contribution in [0.3, 0.4) is 0 Å². The summed E-state index contributed by atoms with van der Waals surface area (Å²) >= 11 is 0. The van der Waals surface area contributed by atoms with Crippen molar-refractivity contribution >= 4 is 5.91 Å². The molecule has 0 N–H and O–H groups in total. The van der Waals surface area contributed by atoms with E-state index in [1.807, 2.05) is 23.2 Å². The number of amides is 1. The summed E-state index contributed by atoms with van der Waals surface area (Å²) in [4.78, 5) is 21.2. The van der Waals surface area contributed by atoms with E-state index in [0.29, 0.717) is 0 Å². The zero-order chi connectivity index (χ0) is 17.2. The van der Waals surface area contributed by atoms with Crippen LogP contribution in [-0.2, 0) is 11.3 Å². The molecule has 4 rings (SSSR count). The van der Waals surface area contributed by atoms with Crippen LogP contribution in [0.25, 0.3) is 0 Å². The first-order valence-corrected chi connectivity index (χ1v) is 8.86. The van der Waals surface area contributed by atoms with E-state index in [2.05, 4.69) is 16.0 Å².